The van der Waals surface area contributed by atoms with E-state index in [4.69, 9.17) is 0 Å². The van der Waals surface area contributed by atoms with Crippen LogP contribution in [0.5, 0.6) is 0 Å². The molecule has 0 spiro atoms. The standard InChI is InChI=1S/C24H22N4O3S2/c29-23(25-16-19-10-4-1-5-11-19)17-32-24-27-26-22(28(24)20-12-6-2-7-13-20)18-33(30,31)21-14-8-3-9-15-21/h1-15H,16-18H2,(H,25,29). The summed E-state index contributed by atoms with van der Waals surface area (Å²) in [5.41, 5.74) is 1.74. The summed E-state index contributed by atoms with van der Waals surface area (Å²) in [5.74, 6) is -0.0368. The van der Waals surface area contributed by atoms with Gasteiger partial charge in [0.1, 0.15) is 5.75 Å². The van der Waals surface area contributed by atoms with Gasteiger partial charge in [0.15, 0.2) is 20.8 Å². The van der Waals surface area contributed by atoms with E-state index in [1.807, 2.05) is 60.7 Å². The highest BCUT2D eigenvalue weighted by Gasteiger charge is 2.22. The number of aromatic nitrogens is 3. The first-order valence-corrected chi connectivity index (χ1v) is 12.9. The van der Waals surface area contributed by atoms with Crippen molar-refractivity contribution in [1.29, 1.82) is 0 Å². The Labute approximate surface area is 196 Å². The van der Waals surface area contributed by atoms with Crippen molar-refractivity contribution in [2.45, 2.75) is 22.3 Å². The number of nitrogens with zero attached hydrogens (tertiary/aromatic N) is 3. The quantitative estimate of drug-likeness (QED) is 0.369. The highest BCUT2D eigenvalue weighted by atomic mass is 32.2. The molecule has 33 heavy (non-hydrogen) atoms. The lowest BCUT2D eigenvalue weighted by molar-refractivity contribution is -0.118. The van der Waals surface area contributed by atoms with Gasteiger partial charge in [-0.1, -0.05) is 78.5 Å². The van der Waals surface area contributed by atoms with Crippen molar-refractivity contribution in [1.82, 2.24) is 20.1 Å². The van der Waals surface area contributed by atoms with E-state index in [2.05, 4.69) is 15.5 Å². The Morgan fingerprint density at radius 3 is 2.12 bits per heavy atom. The number of amides is 1. The molecule has 0 fully saturated rings. The number of carbonyl (C=O) groups is 1. The molecule has 168 valence electrons. The van der Waals surface area contributed by atoms with E-state index in [0.29, 0.717) is 11.7 Å². The van der Waals surface area contributed by atoms with E-state index in [0.717, 1.165) is 11.3 Å². The van der Waals surface area contributed by atoms with Gasteiger partial charge in [-0.05, 0) is 29.8 Å². The molecule has 1 N–H and O–H groups in total. The van der Waals surface area contributed by atoms with Gasteiger partial charge in [0.25, 0.3) is 0 Å². The van der Waals surface area contributed by atoms with Crippen molar-refractivity contribution in [3.05, 3.63) is 102 Å². The average molecular weight is 479 g/mol. The van der Waals surface area contributed by atoms with E-state index < -0.39 is 9.84 Å². The molecular weight excluding hydrogens is 456 g/mol. The molecule has 4 rings (SSSR count). The minimum atomic E-state index is -3.61. The number of para-hydroxylation sites is 1. The van der Waals surface area contributed by atoms with Gasteiger partial charge in [-0.25, -0.2) is 8.42 Å². The minimum Gasteiger partial charge on any atom is -0.351 e. The van der Waals surface area contributed by atoms with E-state index in [1.165, 1.54) is 11.8 Å². The topological polar surface area (TPSA) is 94.0 Å². The number of thioether (sulfide) groups is 1. The Hall–Kier alpha value is -3.43. The molecule has 0 aliphatic carbocycles. The smallest absolute Gasteiger partial charge is 0.230 e. The first-order valence-electron chi connectivity index (χ1n) is 10.2. The predicted molar refractivity (Wildman–Crippen MR) is 128 cm³/mol. The molecule has 0 aliphatic heterocycles. The Balaban J connectivity index is 1.52. The van der Waals surface area contributed by atoms with Crippen LogP contribution in [0.15, 0.2) is 101 Å². The number of carbonyl (C=O) groups excluding carboxylic acids is 1. The summed E-state index contributed by atoms with van der Waals surface area (Å²) >= 11 is 1.21. The molecular formula is C24H22N4O3S2. The van der Waals surface area contributed by atoms with Crippen LogP contribution in [0.4, 0.5) is 0 Å². The van der Waals surface area contributed by atoms with Crippen LogP contribution in [0.25, 0.3) is 5.69 Å². The third-order valence-electron chi connectivity index (χ3n) is 4.80. The third kappa shape index (κ3) is 5.88. The molecule has 4 aromatic rings. The Bertz CT molecular complexity index is 1310. The highest BCUT2D eigenvalue weighted by Crippen LogP contribution is 2.24. The van der Waals surface area contributed by atoms with E-state index in [9.17, 15) is 13.2 Å². The number of hydrogen-bond donors (Lipinski definition) is 1. The fourth-order valence-corrected chi connectivity index (χ4v) is 5.25. The van der Waals surface area contributed by atoms with Crippen LogP contribution in [-0.4, -0.2) is 34.8 Å². The van der Waals surface area contributed by atoms with Crippen LogP contribution in [-0.2, 0) is 26.9 Å². The number of nitrogens with one attached hydrogen (secondary N) is 1. The van der Waals surface area contributed by atoms with Gasteiger partial charge in [0.2, 0.25) is 5.91 Å². The zero-order valence-electron chi connectivity index (χ0n) is 17.7. The second-order valence-corrected chi connectivity index (χ2v) is 10.1. The van der Waals surface area contributed by atoms with Gasteiger partial charge in [0.05, 0.1) is 10.6 Å². The molecule has 9 heteroatoms. The number of sulfone groups is 1. The number of hydrogen-bond acceptors (Lipinski definition) is 6. The van der Waals surface area contributed by atoms with Crippen molar-refractivity contribution in [2.75, 3.05) is 5.75 Å². The molecule has 7 nitrogen and oxygen atoms in total. The normalized spacial score (nSPS) is 11.3. The van der Waals surface area contributed by atoms with Crippen molar-refractivity contribution < 1.29 is 13.2 Å². The molecule has 3 aromatic carbocycles. The van der Waals surface area contributed by atoms with Gasteiger partial charge < -0.3 is 5.32 Å². The van der Waals surface area contributed by atoms with Gasteiger partial charge in [0, 0.05) is 12.2 Å². The maximum Gasteiger partial charge on any atom is 0.230 e. The molecule has 0 radical (unpaired) electrons. The number of rotatable bonds is 9. The van der Waals surface area contributed by atoms with Crippen LogP contribution in [0.3, 0.4) is 0 Å². The second kappa shape index (κ2) is 10.5. The summed E-state index contributed by atoms with van der Waals surface area (Å²) in [4.78, 5) is 12.6. The van der Waals surface area contributed by atoms with Gasteiger partial charge in [-0.2, -0.15) is 0 Å². The van der Waals surface area contributed by atoms with Crippen LogP contribution in [0.1, 0.15) is 11.4 Å². The largest absolute Gasteiger partial charge is 0.351 e. The molecule has 0 atom stereocenters. The molecule has 0 saturated heterocycles. The first-order chi connectivity index (χ1) is 16.0. The summed E-state index contributed by atoms with van der Waals surface area (Å²) in [6.45, 7) is 0.437. The monoisotopic (exact) mass is 478 g/mol. The summed E-state index contributed by atoms with van der Waals surface area (Å²) in [7, 11) is -3.61. The summed E-state index contributed by atoms with van der Waals surface area (Å²) in [5, 5.41) is 11.7. The summed E-state index contributed by atoms with van der Waals surface area (Å²) in [6.07, 6.45) is 0. The summed E-state index contributed by atoms with van der Waals surface area (Å²) in [6, 6.07) is 27.2. The molecule has 1 aromatic heterocycles. The van der Waals surface area contributed by atoms with E-state index >= 15 is 0 Å². The number of benzene rings is 3. The lowest BCUT2D eigenvalue weighted by Gasteiger charge is -2.11. The maximum absolute atomic E-state index is 12.9. The van der Waals surface area contributed by atoms with E-state index in [1.54, 1.807) is 34.9 Å². The molecule has 0 aliphatic rings. The van der Waals surface area contributed by atoms with E-state index in [-0.39, 0.29) is 28.1 Å². The van der Waals surface area contributed by atoms with Crippen molar-refractivity contribution in [3.8, 4) is 5.69 Å². The molecule has 0 bridgehead atoms. The zero-order chi connectivity index (χ0) is 23.1. The Morgan fingerprint density at radius 2 is 1.45 bits per heavy atom. The highest BCUT2D eigenvalue weighted by molar-refractivity contribution is 7.99. The van der Waals surface area contributed by atoms with Gasteiger partial charge in [-0.3, -0.25) is 9.36 Å². The average Bonchev–Trinajstić information content (AvgIpc) is 3.24. The lowest BCUT2D eigenvalue weighted by atomic mass is 10.2. The van der Waals surface area contributed by atoms with Crippen LogP contribution in [0, 0.1) is 0 Å². The lowest BCUT2D eigenvalue weighted by Crippen LogP contribution is -2.24. The first kappa shape index (κ1) is 22.8. The maximum atomic E-state index is 12.9. The Kier molecular flexibility index (Phi) is 7.21. The van der Waals surface area contributed by atoms with Gasteiger partial charge >= 0.3 is 0 Å². The third-order valence-corrected chi connectivity index (χ3v) is 7.36. The minimum absolute atomic E-state index is 0.128. The van der Waals surface area contributed by atoms with Crippen LogP contribution < -0.4 is 5.32 Å². The summed E-state index contributed by atoms with van der Waals surface area (Å²) < 4.78 is 27.5. The van der Waals surface area contributed by atoms with Crippen LogP contribution >= 0.6 is 11.8 Å². The Morgan fingerprint density at radius 1 is 0.848 bits per heavy atom. The fraction of sp³-hybridized carbons (Fsp3) is 0.125. The predicted octanol–water partition coefficient (Wildman–Crippen LogP) is 3.65. The van der Waals surface area contributed by atoms with Crippen molar-refractivity contribution in [2.24, 2.45) is 0 Å². The van der Waals surface area contributed by atoms with Gasteiger partial charge in [-0.15, -0.1) is 10.2 Å². The van der Waals surface area contributed by atoms with Crippen molar-refractivity contribution in [3.63, 3.8) is 0 Å². The molecule has 0 unspecified atom stereocenters. The molecule has 0 saturated carbocycles. The fourth-order valence-electron chi connectivity index (χ4n) is 3.18. The second-order valence-electron chi connectivity index (χ2n) is 7.19. The molecule has 1 heterocycles. The van der Waals surface area contributed by atoms with Crippen LogP contribution in [0.2, 0.25) is 0 Å². The molecule has 1 amide bonds. The van der Waals surface area contributed by atoms with Crippen molar-refractivity contribution >= 4 is 27.5 Å². The SMILES string of the molecule is O=C(CSc1nnc(CS(=O)(=O)c2ccccc2)n1-c1ccccc1)NCc1ccccc1. The zero-order valence-corrected chi connectivity index (χ0v) is 19.3.